The molecule has 0 aliphatic carbocycles. The number of oxime groups is 1. The van der Waals surface area contributed by atoms with Crippen LogP contribution in [-0.2, 0) is 14.4 Å². The van der Waals surface area contributed by atoms with Gasteiger partial charge < -0.3 is 20.6 Å². The van der Waals surface area contributed by atoms with Gasteiger partial charge in [-0.25, -0.2) is 4.79 Å². The molecule has 1 fully saturated rings. The molecule has 2 rings (SSSR count). The number of halogens is 1. The van der Waals surface area contributed by atoms with Crippen LogP contribution >= 0.6 is 24.2 Å². The van der Waals surface area contributed by atoms with Crippen molar-refractivity contribution in [3.8, 4) is 0 Å². The molecule has 2 atom stereocenters. The average Bonchev–Trinajstić information content (AvgIpc) is 2.41. The number of likely N-dealkylation sites (N-methyl/N-ethyl adjacent to an activating group) is 1. The highest BCUT2D eigenvalue weighted by atomic mass is 35.5. The number of fused-ring (bicyclic) bond motifs is 1. The zero-order chi connectivity index (χ0) is 15.0. The number of hydrogen-bond acceptors (Lipinski definition) is 6. The van der Waals surface area contributed by atoms with Crippen LogP contribution in [0.25, 0.3) is 0 Å². The highest BCUT2D eigenvalue weighted by Gasteiger charge is 2.52. The molecule has 8 nitrogen and oxygen atoms in total. The summed E-state index contributed by atoms with van der Waals surface area (Å²) >= 11 is 1.42. The summed E-state index contributed by atoms with van der Waals surface area (Å²) in [5, 5.41) is 12.9. The van der Waals surface area contributed by atoms with Crippen molar-refractivity contribution in [3.05, 3.63) is 11.3 Å². The van der Waals surface area contributed by atoms with Crippen LogP contribution in [0, 0.1) is 0 Å². The van der Waals surface area contributed by atoms with E-state index in [0.717, 1.165) is 0 Å². The maximum absolute atomic E-state index is 11.8. The molecule has 2 aliphatic heterocycles. The predicted molar refractivity (Wildman–Crippen MR) is 81.1 cm³/mol. The van der Waals surface area contributed by atoms with E-state index in [1.807, 2.05) is 0 Å². The molecular weight excluding hydrogens is 320 g/mol. The third-order valence-corrected chi connectivity index (χ3v) is 4.38. The maximum Gasteiger partial charge on any atom is 0.353 e. The van der Waals surface area contributed by atoms with Crippen molar-refractivity contribution >= 4 is 41.9 Å². The van der Waals surface area contributed by atoms with E-state index in [-0.39, 0.29) is 29.4 Å². The van der Waals surface area contributed by atoms with Gasteiger partial charge >= 0.3 is 5.97 Å². The molecule has 0 radical (unpaired) electrons. The molecule has 3 N–H and O–H groups in total. The first-order chi connectivity index (χ1) is 9.40. The van der Waals surface area contributed by atoms with E-state index in [9.17, 15) is 14.7 Å². The molecule has 1 amide bonds. The summed E-state index contributed by atoms with van der Waals surface area (Å²) in [6.45, 7) is 0. The van der Waals surface area contributed by atoms with Gasteiger partial charge in [-0.15, -0.1) is 24.2 Å². The minimum Gasteiger partial charge on any atom is -0.477 e. The second-order valence-corrected chi connectivity index (χ2v) is 5.66. The van der Waals surface area contributed by atoms with Crippen LogP contribution in [0.15, 0.2) is 16.4 Å². The lowest BCUT2D eigenvalue weighted by Crippen LogP contribution is -2.68. The second-order valence-electron chi connectivity index (χ2n) is 4.56. The van der Waals surface area contributed by atoms with Crippen LogP contribution in [0.2, 0.25) is 0 Å². The number of nitrogens with zero attached hydrogens (tertiary/aromatic N) is 3. The topological polar surface area (TPSA) is 108 Å². The third kappa shape index (κ3) is 2.81. The first kappa shape index (κ1) is 17.6. The number of hydrogen-bond donors (Lipinski definition) is 2. The van der Waals surface area contributed by atoms with Gasteiger partial charge in [-0.2, -0.15) is 0 Å². The fourth-order valence-electron chi connectivity index (χ4n) is 2.18. The zero-order valence-corrected chi connectivity index (χ0v) is 13.4. The van der Waals surface area contributed by atoms with E-state index in [1.165, 1.54) is 23.8 Å². The van der Waals surface area contributed by atoms with Crippen molar-refractivity contribution in [1.82, 2.24) is 9.80 Å². The fraction of sp³-hybridized carbons (Fsp3) is 0.545. The lowest BCUT2D eigenvalue weighted by Gasteiger charge is -2.48. The van der Waals surface area contributed by atoms with Crippen LogP contribution < -0.4 is 5.73 Å². The zero-order valence-electron chi connectivity index (χ0n) is 11.8. The fourth-order valence-corrected chi connectivity index (χ4v) is 3.47. The molecule has 2 heterocycles. The summed E-state index contributed by atoms with van der Waals surface area (Å²) in [7, 11) is 4.84. The van der Waals surface area contributed by atoms with Crippen molar-refractivity contribution in [2.75, 3.05) is 27.0 Å². The lowest BCUT2D eigenvalue weighted by molar-refractivity contribution is -0.147. The largest absolute Gasteiger partial charge is 0.477 e. The van der Waals surface area contributed by atoms with Gasteiger partial charge in [0, 0.05) is 25.4 Å². The Kier molecular flexibility index (Phi) is 5.48. The number of carbonyl (C=O) groups excluding carboxylic acids is 1. The van der Waals surface area contributed by atoms with Gasteiger partial charge in [0.25, 0.3) is 0 Å². The van der Waals surface area contributed by atoms with Crippen LogP contribution in [0.1, 0.15) is 0 Å². The van der Waals surface area contributed by atoms with E-state index >= 15 is 0 Å². The summed E-state index contributed by atoms with van der Waals surface area (Å²) in [5.74, 6) is -0.766. The highest BCUT2D eigenvalue weighted by Crippen LogP contribution is 2.39. The molecule has 0 aromatic heterocycles. The minimum absolute atomic E-state index is 0. The van der Waals surface area contributed by atoms with Gasteiger partial charge in [0.15, 0.2) is 5.84 Å². The van der Waals surface area contributed by atoms with E-state index in [0.29, 0.717) is 17.2 Å². The second kappa shape index (κ2) is 6.54. The Balaban J connectivity index is 0.00000220. The molecule has 0 spiro atoms. The molecule has 10 heteroatoms. The summed E-state index contributed by atoms with van der Waals surface area (Å²) in [5.41, 5.74) is 6.07. The number of amides is 1. The molecule has 118 valence electrons. The quantitative estimate of drug-likeness (QED) is 0.310. The molecule has 1 saturated heterocycles. The maximum atomic E-state index is 11.8. The normalized spacial score (nSPS) is 24.9. The Morgan fingerprint density at radius 3 is 2.67 bits per heavy atom. The molecule has 2 aliphatic rings. The van der Waals surface area contributed by atoms with Crippen LogP contribution in [0.3, 0.4) is 0 Å². The average molecular weight is 337 g/mol. The number of β-lactam (4-membered cyclic amide) rings is 1. The number of carbonyl (C=O) groups is 2. The standard InChI is InChI=1S/C11H16N4O4S.ClH/c1-14(2)8(13-19-3)5-4-20-10-6(12)9(16)15(10)7(5)11(17)18;/h6,10H,4,12H2,1-3H3,(H,17,18);1H/t6-,10+;/m1./s1. The summed E-state index contributed by atoms with van der Waals surface area (Å²) in [6.07, 6.45) is 0. The molecule has 0 saturated carbocycles. The van der Waals surface area contributed by atoms with E-state index in [4.69, 9.17) is 10.6 Å². The SMILES string of the molecule is CON=C(C1=C(C(=O)O)N2C(=O)[C@@H](N)[C@@H]2SC1)N(C)C.Cl. The highest BCUT2D eigenvalue weighted by molar-refractivity contribution is 8.00. The Morgan fingerprint density at radius 1 is 1.57 bits per heavy atom. The van der Waals surface area contributed by atoms with Gasteiger partial charge in [0.05, 0.1) is 0 Å². The van der Waals surface area contributed by atoms with Gasteiger partial charge in [0.2, 0.25) is 5.91 Å². The number of carboxylic acid groups (broad SMARTS) is 1. The van der Waals surface area contributed by atoms with Gasteiger partial charge in [-0.3, -0.25) is 9.69 Å². The van der Waals surface area contributed by atoms with Crippen molar-refractivity contribution < 1.29 is 19.5 Å². The number of nitrogens with two attached hydrogens (primary N) is 1. The predicted octanol–water partition coefficient (Wildman–Crippen LogP) is -0.489. The lowest BCUT2D eigenvalue weighted by atomic mass is 10.0. The van der Waals surface area contributed by atoms with E-state index < -0.39 is 12.0 Å². The molecule has 21 heavy (non-hydrogen) atoms. The van der Waals surface area contributed by atoms with E-state index in [1.54, 1.807) is 19.0 Å². The Bertz CT molecular complexity index is 522. The molecule has 0 unspecified atom stereocenters. The number of carboxylic acids is 1. The summed E-state index contributed by atoms with van der Waals surface area (Å²) in [6, 6.07) is -0.641. The van der Waals surface area contributed by atoms with Crippen molar-refractivity contribution in [1.29, 1.82) is 0 Å². The Labute approximate surface area is 132 Å². The number of aliphatic carboxylic acids is 1. The van der Waals surface area contributed by atoms with Gasteiger partial charge in [-0.05, 0) is 0 Å². The van der Waals surface area contributed by atoms with Crippen molar-refractivity contribution in [3.63, 3.8) is 0 Å². The minimum atomic E-state index is -1.17. The summed E-state index contributed by atoms with van der Waals surface area (Å²) in [4.78, 5) is 31.0. The van der Waals surface area contributed by atoms with Gasteiger partial charge in [-0.1, -0.05) is 5.16 Å². The first-order valence-electron chi connectivity index (χ1n) is 5.85. The third-order valence-electron chi connectivity index (χ3n) is 3.08. The van der Waals surface area contributed by atoms with Crippen LogP contribution in [0.4, 0.5) is 0 Å². The molecule has 0 aromatic carbocycles. The monoisotopic (exact) mass is 336 g/mol. The van der Waals surface area contributed by atoms with Crippen molar-refractivity contribution in [2.24, 2.45) is 10.9 Å². The van der Waals surface area contributed by atoms with Crippen LogP contribution in [-0.4, -0.2) is 71.0 Å². The first-order valence-corrected chi connectivity index (χ1v) is 6.90. The van der Waals surface area contributed by atoms with E-state index in [2.05, 4.69) is 5.16 Å². The van der Waals surface area contributed by atoms with Crippen LogP contribution in [0.5, 0.6) is 0 Å². The number of amidine groups is 1. The molecular formula is C11H17ClN4O4S. The van der Waals surface area contributed by atoms with Crippen molar-refractivity contribution in [2.45, 2.75) is 11.4 Å². The molecule has 0 bridgehead atoms. The summed E-state index contributed by atoms with van der Waals surface area (Å²) < 4.78 is 0. The smallest absolute Gasteiger partial charge is 0.353 e. The van der Waals surface area contributed by atoms with Gasteiger partial charge in [0.1, 0.15) is 24.2 Å². The molecule has 0 aromatic rings. The number of rotatable bonds is 3. The Hall–Kier alpha value is -1.45. The number of thioether (sulfide) groups is 1. The Morgan fingerprint density at radius 2 is 2.19 bits per heavy atom.